The first-order valence-corrected chi connectivity index (χ1v) is 11.5. The third kappa shape index (κ3) is 3.11. The summed E-state index contributed by atoms with van der Waals surface area (Å²) < 4.78 is 37.9. The number of nitrogens with zero attached hydrogens (tertiary/aromatic N) is 3. The van der Waals surface area contributed by atoms with Crippen LogP contribution in [0.15, 0.2) is 47.4 Å². The molecule has 2 bridgehead atoms. The molecule has 2 amide bonds. The van der Waals surface area contributed by atoms with Gasteiger partial charge in [0.05, 0.1) is 36.6 Å². The van der Waals surface area contributed by atoms with Crippen molar-refractivity contribution in [1.29, 1.82) is 0 Å². The number of hydrogen-bond acceptors (Lipinski definition) is 8. The summed E-state index contributed by atoms with van der Waals surface area (Å²) in [4.78, 5) is 34.9. The molecule has 1 aliphatic heterocycles. The van der Waals surface area contributed by atoms with E-state index in [0.29, 0.717) is 5.69 Å². The van der Waals surface area contributed by atoms with E-state index in [1.54, 1.807) is 0 Å². The molecule has 0 radical (unpaired) electrons. The lowest BCUT2D eigenvalue weighted by Crippen LogP contribution is -2.32. The number of nitrogens with one attached hydrogen (secondary N) is 1. The molecule has 2 aliphatic carbocycles. The molecule has 2 fully saturated rings. The molecule has 5 rings (SSSR count). The molecule has 2 heterocycles. The minimum Gasteiger partial charge on any atom is -0.481 e. The normalized spacial score (nSPS) is 25.9. The van der Waals surface area contributed by atoms with Gasteiger partial charge in [0.2, 0.25) is 17.7 Å². The van der Waals surface area contributed by atoms with Crippen LogP contribution in [-0.2, 0) is 19.6 Å². The van der Waals surface area contributed by atoms with Gasteiger partial charge in [0.15, 0.2) is 5.82 Å². The van der Waals surface area contributed by atoms with Gasteiger partial charge in [-0.2, -0.15) is 9.97 Å². The fourth-order valence-corrected chi connectivity index (χ4v) is 5.77. The van der Waals surface area contributed by atoms with Crippen LogP contribution in [0, 0.1) is 23.7 Å². The van der Waals surface area contributed by atoms with Crippen molar-refractivity contribution in [2.45, 2.75) is 11.3 Å². The zero-order valence-electron chi connectivity index (χ0n) is 17.3. The summed E-state index contributed by atoms with van der Waals surface area (Å²) >= 11 is 0. The molecule has 3 aliphatic rings. The first-order chi connectivity index (χ1) is 15.3. The van der Waals surface area contributed by atoms with Gasteiger partial charge in [-0.1, -0.05) is 12.2 Å². The molecule has 32 heavy (non-hydrogen) atoms. The number of sulfonamides is 1. The highest BCUT2D eigenvalue weighted by molar-refractivity contribution is 7.92. The maximum Gasteiger partial charge on any atom is 0.321 e. The largest absolute Gasteiger partial charge is 0.481 e. The maximum absolute atomic E-state index is 12.9. The molecule has 11 heteroatoms. The lowest BCUT2D eigenvalue weighted by atomic mass is 9.85. The summed E-state index contributed by atoms with van der Waals surface area (Å²) in [6, 6.07) is 6.86. The Balaban J connectivity index is 1.38. The van der Waals surface area contributed by atoms with Crippen LogP contribution in [0.5, 0.6) is 11.9 Å². The molecule has 0 spiro atoms. The van der Waals surface area contributed by atoms with Crippen molar-refractivity contribution >= 4 is 33.3 Å². The Labute approximate surface area is 184 Å². The van der Waals surface area contributed by atoms with Crippen LogP contribution in [0.1, 0.15) is 6.42 Å². The number of ether oxygens (including phenoxy) is 2. The molecule has 10 nitrogen and oxygen atoms in total. The van der Waals surface area contributed by atoms with E-state index in [9.17, 15) is 18.0 Å². The zero-order valence-corrected chi connectivity index (χ0v) is 18.1. The van der Waals surface area contributed by atoms with E-state index in [0.717, 1.165) is 6.42 Å². The Morgan fingerprint density at radius 3 is 2.16 bits per heavy atom. The second kappa shape index (κ2) is 7.30. The average molecular weight is 456 g/mol. The molecule has 1 N–H and O–H groups in total. The molecule has 1 aromatic carbocycles. The van der Waals surface area contributed by atoms with Crippen molar-refractivity contribution in [2.75, 3.05) is 23.8 Å². The highest BCUT2D eigenvalue weighted by Crippen LogP contribution is 2.53. The molecule has 1 saturated heterocycles. The van der Waals surface area contributed by atoms with E-state index in [1.807, 2.05) is 12.2 Å². The van der Waals surface area contributed by atoms with Gasteiger partial charge in [-0.15, -0.1) is 0 Å². The molecular formula is C21H20N4O6S. The van der Waals surface area contributed by atoms with Crippen LogP contribution in [0.3, 0.4) is 0 Å². The highest BCUT2D eigenvalue weighted by Gasteiger charge is 2.59. The van der Waals surface area contributed by atoms with E-state index in [2.05, 4.69) is 14.7 Å². The van der Waals surface area contributed by atoms with E-state index >= 15 is 0 Å². The number of carbonyl (C=O) groups excluding carboxylic acids is 2. The number of hydrogen-bond donors (Lipinski definition) is 1. The van der Waals surface area contributed by atoms with Crippen molar-refractivity contribution in [3.63, 3.8) is 0 Å². The predicted molar refractivity (Wildman–Crippen MR) is 113 cm³/mol. The minimum absolute atomic E-state index is 0.0292. The lowest BCUT2D eigenvalue weighted by molar-refractivity contribution is -0.123. The minimum atomic E-state index is -4.00. The van der Waals surface area contributed by atoms with Crippen molar-refractivity contribution in [2.24, 2.45) is 23.7 Å². The average Bonchev–Trinajstić information content (AvgIpc) is 3.47. The first-order valence-electron chi connectivity index (χ1n) is 9.98. The summed E-state index contributed by atoms with van der Waals surface area (Å²) in [6.07, 6.45) is 4.90. The van der Waals surface area contributed by atoms with Crippen LogP contribution < -0.4 is 19.1 Å². The van der Waals surface area contributed by atoms with Gasteiger partial charge in [0.1, 0.15) is 0 Å². The number of anilines is 2. The SMILES string of the molecule is COc1cc(NS(=O)(=O)c2ccc(N3C(=O)C4C5C=CC(C5)C4C3=O)cc2)nc(OC)n1. The van der Waals surface area contributed by atoms with Gasteiger partial charge in [-0.25, -0.2) is 8.42 Å². The summed E-state index contributed by atoms with van der Waals surface area (Å²) in [5.41, 5.74) is 0.359. The summed E-state index contributed by atoms with van der Waals surface area (Å²) in [5, 5.41) is 0. The fraction of sp³-hybridized carbons (Fsp3) is 0.333. The predicted octanol–water partition coefficient (Wildman–Crippen LogP) is 1.61. The smallest absolute Gasteiger partial charge is 0.321 e. The standard InChI is InChI=1S/C21H20N4O6S/c1-30-16-10-15(22-21(23-16)31-2)24-32(28,29)14-7-5-13(6-8-14)25-19(26)17-11-3-4-12(9-11)18(17)20(25)27/h3-8,10-12,17-18H,9H2,1-2H3,(H,22,23,24). The van der Waals surface area contributed by atoms with Gasteiger partial charge in [0.25, 0.3) is 10.0 Å². The number of carbonyl (C=O) groups is 2. The Hall–Kier alpha value is -3.47. The molecule has 166 valence electrons. The Kier molecular flexibility index (Phi) is 4.66. The molecular weight excluding hydrogens is 436 g/mol. The van der Waals surface area contributed by atoms with Gasteiger partial charge in [-0.3, -0.25) is 19.2 Å². The number of aromatic nitrogens is 2. The van der Waals surface area contributed by atoms with Crippen LogP contribution in [0.2, 0.25) is 0 Å². The highest BCUT2D eigenvalue weighted by atomic mass is 32.2. The van der Waals surface area contributed by atoms with Crippen LogP contribution in [-0.4, -0.2) is 44.4 Å². The number of fused-ring (bicyclic) bond motifs is 5. The van der Waals surface area contributed by atoms with E-state index in [1.165, 1.54) is 49.5 Å². The third-order valence-corrected chi connectivity index (χ3v) is 7.56. The number of allylic oxidation sites excluding steroid dienone is 2. The van der Waals surface area contributed by atoms with Crippen LogP contribution in [0.25, 0.3) is 0 Å². The Bertz CT molecular complexity index is 1190. The molecule has 2 aromatic rings. The molecule has 4 atom stereocenters. The third-order valence-electron chi connectivity index (χ3n) is 6.19. The number of amides is 2. The van der Waals surface area contributed by atoms with Gasteiger partial charge in [-0.05, 0) is 42.5 Å². The number of imide groups is 1. The zero-order chi connectivity index (χ0) is 22.6. The van der Waals surface area contributed by atoms with E-state index in [-0.39, 0.29) is 58.1 Å². The Morgan fingerprint density at radius 1 is 0.969 bits per heavy atom. The monoisotopic (exact) mass is 456 g/mol. The number of rotatable bonds is 6. The number of benzene rings is 1. The van der Waals surface area contributed by atoms with Crippen molar-refractivity contribution in [3.8, 4) is 11.9 Å². The van der Waals surface area contributed by atoms with Crippen molar-refractivity contribution < 1.29 is 27.5 Å². The summed E-state index contributed by atoms with van der Waals surface area (Å²) in [7, 11) is -1.27. The second-order valence-corrected chi connectivity index (χ2v) is 9.58. The first kappa shape index (κ1) is 20.4. The lowest BCUT2D eigenvalue weighted by Gasteiger charge is -2.17. The van der Waals surface area contributed by atoms with Crippen LogP contribution in [0.4, 0.5) is 11.5 Å². The molecule has 1 aromatic heterocycles. The Morgan fingerprint density at radius 2 is 1.59 bits per heavy atom. The van der Waals surface area contributed by atoms with E-state index < -0.39 is 10.0 Å². The topological polar surface area (TPSA) is 128 Å². The summed E-state index contributed by atoms with van der Waals surface area (Å²) in [5.74, 6) is -0.746. The van der Waals surface area contributed by atoms with Gasteiger partial charge >= 0.3 is 6.01 Å². The maximum atomic E-state index is 12.9. The second-order valence-electron chi connectivity index (χ2n) is 7.89. The van der Waals surface area contributed by atoms with Gasteiger partial charge < -0.3 is 9.47 Å². The van der Waals surface area contributed by atoms with Crippen molar-refractivity contribution in [1.82, 2.24) is 9.97 Å². The van der Waals surface area contributed by atoms with Gasteiger partial charge in [0, 0.05) is 6.07 Å². The van der Waals surface area contributed by atoms with E-state index in [4.69, 9.17) is 9.47 Å². The molecule has 4 unspecified atom stereocenters. The quantitative estimate of drug-likeness (QED) is 0.513. The van der Waals surface area contributed by atoms with Crippen LogP contribution >= 0.6 is 0 Å². The summed E-state index contributed by atoms with van der Waals surface area (Å²) in [6.45, 7) is 0. The molecule has 1 saturated carbocycles. The number of methoxy groups -OCH3 is 2. The van der Waals surface area contributed by atoms with Crippen molar-refractivity contribution in [3.05, 3.63) is 42.5 Å². The fourth-order valence-electron chi connectivity index (χ4n) is 4.78.